The third-order valence-corrected chi connectivity index (χ3v) is 3.28. The van der Waals surface area contributed by atoms with Crippen LogP contribution in [0.25, 0.3) is 0 Å². The van der Waals surface area contributed by atoms with Crippen molar-refractivity contribution in [1.29, 1.82) is 0 Å². The van der Waals surface area contributed by atoms with E-state index in [2.05, 4.69) is 5.32 Å². The van der Waals surface area contributed by atoms with Gasteiger partial charge in [-0.05, 0) is 37.5 Å². The highest BCUT2D eigenvalue weighted by molar-refractivity contribution is 7.80. The molecule has 18 heavy (non-hydrogen) atoms. The highest BCUT2D eigenvalue weighted by Crippen LogP contribution is 2.18. The third-order valence-electron chi connectivity index (χ3n) is 3.05. The van der Waals surface area contributed by atoms with E-state index in [4.69, 9.17) is 22.7 Å². The average molecular weight is 268 g/mol. The molecule has 1 aliphatic rings. The summed E-state index contributed by atoms with van der Waals surface area (Å²) in [6.07, 6.45) is 3.50. The van der Waals surface area contributed by atoms with E-state index in [9.17, 15) is 4.39 Å². The number of nitrogens with one attached hydrogen (secondary N) is 1. The quantitative estimate of drug-likeness (QED) is 0.823. The van der Waals surface area contributed by atoms with Crippen LogP contribution < -0.4 is 11.1 Å². The fourth-order valence-electron chi connectivity index (χ4n) is 2.00. The van der Waals surface area contributed by atoms with E-state index in [0.29, 0.717) is 17.8 Å². The first-order valence-electron chi connectivity index (χ1n) is 6.11. The van der Waals surface area contributed by atoms with Gasteiger partial charge in [0.1, 0.15) is 10.8 Å². The Balaban J connectivity index is 1.94. The minimum absolute atomic E-state index is 0.174. The van der Waals surface area contributed by atoms with Crippen molar-refractivity contribution in [1.82, 2.24) is 0 Å². The van der Waals surface area contributed by atoms with Crippen LogP contribution in [0.15, 0.2) is 18.2 Å². The van der Waals surface area contributed by atoms with Crippen molar-refractivity contribution in [2.45, 2.75) is 25.4 Å². The van der Waals surface area contributed by atoms with Crippen LogP contribution in [-0.4, -0.2) is 24.2 Å². The molecule has 1 aromatic carbocycles. The molecule has 1 aromatic rings. The molecule has 5 heteroatoms. The average Bonchev–Trinajstić information content (AvgIpc) is 2.38. The van der Waals surface area contributed by atoms with Gasteiger partial charge in [0.05, 0.1) is 11.8 Å². The Kier molecular flexibility index (Phi) is 4.49. The van der Waals surface area contributed by atoms with Crippen molar-refractivity contribution in [3.8, 4) is 0 Å². The summed E-state index contributed by atoms with van der Waals surface area (Å²) < 4.78 is 19.3. The minimum atomic E-state index is -0.337. The van der Waals surface area contributed by atoms with Crippen LogP contribution in [0.3, 0.4) is 0 Å². The second kappa shape index (κ2) is 6.11. The standard InChI is InChI=1S/C13H17FN2OS/c14-11-7-9(13(15)18)4-5-12(11)16-8-10-3-1-2-6-17-10/h4-5,7,10,16H,1-3,6,8H2,(H2,15,18). The van der Waals surface area contributed by atoms with E-state index in [0.717, 1.165) is 19.4 Å². The lowest BCUT2D eigenvalue weighted by Gasteiger charge is -2.23. The number of thiocarbonyl (C=S) groups is 1. The van der Waals surface area contributed by atoms with E-state index >= 15 is 0 Å². The predicted octanol–water partition coefficient (Wildman–Crippen LogP) is 2.44. The van der Waals surface area contributed by atoms with Crippen molar-refractivity contribution >= 4 is 22.9 Å². The van der Waals surface area contributed by atoms with Crippen molar-refractivity contribution in [2.75, 3.05) is 18.5 Å². The van der Waals surface area contributed by atoms with Crippen molar-refractivity contribution in [2.24, 2.45) is 5.73 Å². The number of rotatable bonds is 4. The van der Waals surface area contributed by atoms with E-state index in [1.807, 2.05) is 0 Å². The largest absolute Gasteiger partial charge is 0.389 e. The summed E-state index contributed by atoms with van der Waals surface area (Å²) in [7, 11) is 0. The Morgan fingerprint density at radius 3 is 2.94 bits per heavy atom. The molecule has 1 saturated heterocycles. The van der Waals surface area contributed by atoms with Gasteiger partial charge in [0.25, 0.3) is 0 Å². The van der Waals surface area contributed by atoms with Crippen LogP contribution in [0.2, 0.25) is 0 Å². The first kappa shape index (κ1) is 13.2. The molecule has 0 aliphatic carbocycles. The Hall–Kier alpha value is -1.20. The van der Waals surface area contributed by atoms with Gasteiger partial charge in [-0.2, -0.15) is 0 Å². The summed E-state index contributed by atoms with van der Waals surface area (Å²) in [5.74, 6) is -0.337. The molecular weight excluding hydrogens is 251 g/mol. The maximum Gasteiger partial charge on any atom is 0.146 e. The molecule has 0 aromatic heterocycles. The van der Waals surface area contributed by atoms with Crippen molar-refractivity contribution in [3.63, 3.8) is 0 Å². The topological polar surface area (TPSA) is 47.3 Å². The smallest absolute Gasteiger partial charge is 0.146 e. The Morgan fingerprint density at radius 2 is 2.33 bits per heavy atom. The second-order valence-electron chi connectivity index (χ2n) is 4.43. The van der Waals surface area contributed by atoms with Crippen LogP contribution in [-0.2, 0) is 4.74 Å². The molecule has 1 aliphatic heterocycles. The Bertz CT molecular complexity index is 433. The highest BCUT2D eigenvalue weighted by atomic mass is 32.1. The maximum absolute atomic E-state index is 13.7. The predicted molar refractivity (Wildman–Crippen MR) is 74.4 cm³/mol. The molecule has 1 heterocycles. The molecule has 2 rings (SSSR count). The van der Waals surface area contributed by atoms with Crippen LogP contribution in [0.1, 0.15) is 24.8 Å². The molecular formula is C13H17FN2OS. The summed E-state index contributed by atoms with van der Waals surface area (Å²) >= 11 is 4.80. The number of hydrogen-bond acceptors (Lipinski definition) is 3. The molecule has 0 bridgehead atoms. The van der Waals surface area contributed by atoms with Crippen LogP contribution in [0, 0.1) is 5.82 Å². The van der Waals surface area contributed by atoms with Gasteiger partial charge in [0.2, 0.25) is 0 Å². The van der Waals surface area contributed by atoms with Gasteiger partial charge in [0, 0.05) is 18.7 Å². The van der Waals surface area contributed by atoms with E-state index < -0.39 is 0 Å². The summed E-state index contributed by atoms with van der Waals surface area (Å²) in [5, 5.41) is 3.06. The van der Waals surface area contributed by atoms with Gasteiger partial charge in [0.15, 0.2) is 0 Å². The van der Waals surface area contributed by atoms with Gasteiger partial charge in [-0.3, -0.25) is 0 Å². The SMILES string of the molecule is NC(=S)c1ccc(NCC2CCCCO2)c(F)c1. The molecule has 1 fully saturated rings. The second-order valence-corrected chi connectivity index (χ2v) is 4.87. The fourth-order valence-corrected chi connectivity index (χ4v) is 2.13. The first-order chi connectivity index (χ1) is 8.66. The molecule has 3 N–H and O–H groups in total. The van der Waals surface area contributed by atoms with Crippen LogP contribution in [0.4, 0.5) is 10.1 Å². The number of nitrogens with two attached hydrogens (primary N) is 1. The lowest BCUT2D eigenvalue weighted by Crippen LogP contribution is -2.27. The zero-order valence-corrected chi connectivity index (χ0v) is 10.9. The van der Waals surface area contributed by atoms with E-state index in [1.54, 1.807) is 12.1 Å². The number of halogens is 1. The Morgan fingerprint density at radius 1 is 1.50 bits per heavy atom. The van der Waals surface area contributed by atoms with Gasteiger partial charge in [-0.15, -0.1) is 0 Å². The third kappa shape index (κ3) is 3.40. The molecule has 1 unspecified atom stereocenters. The molecule has 0 radical (unpaired) electrons. The zero-order valence-electron chi connectivity index (χ0n) is 10.1. The van der Waals surface area contributed by atoms with E-state index in [1.165, 1.54) is 12.5 Å². The number of ether oxygens (including phenoxy) is 1. The summed E-state index contributed by atoms with van der Waals surface area (Å²) in [6.45, 7) is 1.43. The van der Waals surface area contributed by atoms with Crippen LogP contribution in [0.5, 0.6) is 0 Å². The van der Waals surface area contributed by atoms with Crippen molar-refractivity contribution < 1.29 is 9.13 Å². The normalized spacial score (nSPS) is 19.5. The van der Waals surface area contributed by atoms with Crippen molar-refractivity contribution in [3.05, 3.63) is 29.6 Å². The zero-order chi connectivity index (χ0) is 13.0. The lowest BCUT2D eigenvalue weighted by molar-refractivity contribution is 0.0247. The highest BCUT2D eigenvalue weighted by Gasteiger charge is 2.14. The van der Waals surface area contributed by atoms with Gasteiger partial charge in [-0.25, -0.2) is 4.39 Å². The van der Waals surface area contributed by atoms with Crippen LogP contribution >= 0.6 is 12.2 Å². The van der Waals surface area contributed by atoms with E-state index in [-0.39, 0.29) is 16.9 Å². The summed E-state index contributed by atoms with van der Waals surface area (Å²) in [6, 6.07) is 4.73. The fraction of sp³-hybridized carbons (Fsp3) is 0.462. The first-order valence-corrected chi connectivity index (χ1v) is 6.52. The maximum atomic E-state index is 13.7. The van der Waals surface area contributed by atoms with Gasteiger partial charge in [-0.1, -0.05) is 12.2 Å². The number of benzene rings is 1. The molecule has 98 valence electrons. The molecule has 0 spiro atoms. The summed E-state index contributed by atoms with van der Waals surface area (Å²) in [4.78, 5) is 0.205. The lowest BCUT2D eigenvalue weighted by atomic mass is 10.1. The monoisotopic (exact) mass is 268 g/mol. The number of hydrogen-bond donors (Lipinski definition) is 2. The van der Waals surface area contributed by atoms with Gasteiger partial charge < -0.3 is 15.8 Å². The molecule has 0 amide bonds. The van der Waals surface area contributed by atoms with Gasteiger partial charge >= 0.3 is 0 Å². The minimum Gasteiger partial charge on any atom is -0.389 e. The molecule has 1 atom stereocenters. The molecule has 3 nitrogen and oxygen atoms in total. The Labute approximate surface area is 112 Å². The summed E-state index contributed by atoms with van der Waals surface area (Å²) in [5.41, 5.74) is 6.45. The molecule has 0 saturated carbocycles. The number of anilines is 1.